The fourth-order valence-corrected chi connectivity index (χ4v) is 8.20. The van der Waals surface area contributed by atoms with Crippen molar-refractivity contribution in [3.05, 3.63) is 212 Å². The Bertz CT molecular complexity index is 3280. The van der Waals surface area contributed by atoms with Gasteiger partial charge >= 0.3 is 0 Å². The molecule has 0 aliphatic carbocycles. The summed E-state index contributed by atoms with van der Waals surface area (Å²) in [7, 11) is 0. The van der Waals surface area contributed by atoms with Gasteiger partial charge in [-0.2, -0.15) is 0 Å². The van der Waals surface area contributed by atoms with Crippen molar-refractivity contribution in [2.45, 2.75) is 0 Å². The highest BCUT2D eigenvalue weighted by molar-refractivity contribution is 6.17. The van der Waals surface area contributed by atoms with Crippen molar-refractivity contribution in [1.82, 2.24) is 15.0 Å². The fraction of sp³-hybridized carbons (Fsp3) is 0. The average Bonchev–Trinajstić information content (AvgIpc) is 3.71. The number of nitrogens with zero attached hydrogens (tertiary/aromatic N) is 3. The molecule has 11 aromatic rings. The van der Waals surface area contributed by atoms with E-state index in [1.807, 2.05) is 30.3 Å². The van der Waals surface area contributed by atoms with Crippen LogP contribution >= 0.6 is 0 Å². The van der Waals surface area contributed by atoms with Gasteiger partial charge in [0.2, 0.25) is 0 Å². The zero-order chi connectivity index (χ0) is 39.1. The summed E-state index contributed by atoms with van der Waals surface area (Å²) >= 11 is 0. The molecule has 0 aliphatic rings. The lowest BCUT2D eigenvalue weighted by atomic mass is 9.92. The van der Waals surface area contributed by atoms with Crippen LogP contribution in [0.2, 0.25) is 0 Å². The summed E-state index contributed by atoms with van der Waals surface area (Å²) in [6.45, 7) is 0. The quantitative estimate of drug-likeness (QED) is 0.163. The number of rotatable bonds is 7. The first-order valence-electron chi connectivity index (χ1n) is 19.8. The Balaban J connectivity index is 1.16. The van der Waals surface area contributed by atoms with Gasteiger partial charge in [-0.25, -0.2) is 15.0 Å². The molecule has 4 nitrogen and oxygen atoms in total. The number of fused-ring (bicyclic) bond motifs is 4. The van der Waals surface area contributed by atoms with Crippen LogP contribution in [0, 0.1) is 0 Å². The van der Waals surface area contributed by atoms with Gasteiger partial charge in [-0.1, -0.05) is 194 Å². The molecule has 0 amide bonds. The van der Waals surface area contributed by atoms with E-state index in [1.165, 1.54) is 16.7 Å². The van der Waals surface area contributed by atoms with Crippen LogP contribution in [0.3, 0.4) is 0 Å². The third-order valence-corrected chi connectivity index (χ3v) is 11.2. The average molecular weight is 754 g/mol. The minimum atomic E-state index is 0.579. The lowest BCUT2D eigenvalue weighted by Crippen LogP contribution is -2.01. The van der Waals surface area contributed by atoms with Gasteiger partial charge in [0, 0.05) is 33.0 Å². The van der Waals surface area contributed by atoms with E-state index in [9.17, 15) is 0 Å². The van der Waals surface area contributed by atoms with Crippen LogP contribution in [0.25, 0.3) is 111 Å². The minimum Gasteiger partial charge on any atom is -0.455 e. The number of benzene rings is 9. The number of furan rings is 1. The summed E-state index contributed by atoms with van der Waals surface area (Å²) in [6.07, 6.45) is 0. The molecule has 276 valence electrons. The maximum Gasteiger partial charge on any atom is 0.165 e. The number of hydrogen-bond acceptors (Lipinski definition) is 4. The second-order valence-electron chi connectivity index (χ2n) is 14.8. The third kappa shape index (κ3) is 6.34. The van der Waals surface area contributed by atoms with Crippen LogP contribution in [0.5, 0.6) is 0 Å². The number of aromatic nitrogens is 3. The van der Waals surface area contributed by atoms with Gasteiger partial charge in [-0.15, -0.1) is 0 Å². The van der Waals surface area contributed by atoms with E-state index in [2.05, 4.69) is 182 Å². The molecule has 0 fully saturated rings. The van der Waals surface area contributed by atoms with Crippen LogP contribution in [0.15, 0.2) is 217 Å². The molecule has 0 saturated carbocycles. The van der Waals surface area contributed by atoms with Crippen molar-refractivity contribution in [3.8, 4) is 78.7 Å². The summed E-state index contributed by atoms with van der Waals surface area (Å²) in [5.41, 5.74) is 13.2. The first-order chi connectivity index (χ1) is 29.2. The van der Waals surface area contributed by atoms with Gasteiger partial charge in [0.1, 0.15) is 11.2 Å². The predicted octanol–water partition coefficient (Wildman–Crippen LogP) is 14.6. The smallest absolute Gasteiger partial charge is 0.165 e. The Hall–Kier alpha value is -7.95. The zero-order valence-electron chi connectivity index (χ0n) is 32.0. The molecular formula is C55H35N3O. The van der Waals surface area contributed by atoms with Gasteiger partial charge < -0.3 is 4.42 Å². The van der Waals surface area contributed by atoms with E-state index < -0.39 is 0 Å². The fourth-order valence-electron chi connectivity index (χ4n) is 8.20. The van der Waals surface area contributed by atoms with E-state index >= 15 is 0 Å². The Morgan fingerprint density at radius 2 is 0.797 bits per heavy atom. The van der Waals surface area contributed by atoms with E-state index in [0.717, 1.165) is 77.2 Å². The maximum absolute atomic E-state index is 6.89. The van der Waals surface area contributed by atoms with Crippen molar-refractivity contribution in [3.63, 3.8) is 0 Å². The van der Waals surface area contributed by atoms with Crippen molar-refractivity contribution in [2.24, 2.45) is 0 Å². The van der Waals surface area contributed by atoms with Crippen molar-refractivity contribution in [1.29, 1.82) is 0 Å². The molecule has 2 heterocycles. The third-order valence-electron chi connectivity index (χ3n) is 11.2. The largest absolute Gasteiger partial charge is 0.455 e. The molecule has 0 saturated heterocycles. The molecule has 0 atom stereocenters. The van der Waals surface area contributed by atoms with Crippen LogP contribution in [-0.4, -0.2) is 15.0 Å². The maximum atomic E-state index is 6.89. The molecule has 2 aromatic heterocycles. The molecule has 4 heteroatoms. The molecule has 0 bridgehead atoms. The minimum absolute atomic E-state index is 0.579. The SMILES string of the molecule is c1ccc(-c2ccc(-c3ccc4oc5c(-c6ccc(-c7ccccc7)cc6)cccc5c4c3-c3nc(-c4ccccc4)nc(-c4ccc5ccccc5c4)n3)cc2)cc1. The Kier molecular flexibility index (Phi) is 8.45. The Labute approximate surface area is 341 Å². The summed E-state index contributed by atoms with van der Waals surface area (Å²) in [6, 6.07) is 74.0. The molecule has 0 spiro atoms. The van der Waals surface area contributed by atoms with Gasteiger partial charge in [0.25, 0.3) is 0 Å². The second-order valence-corrected chi connectivity index (χ2v) is 14.8. The molecule has 0 unspecified atom stereocenters. The van der Waals surface area contributed by atoms with E-state index in [0.29, 0.717) is 17.5 Å². The molecule has 59 heavy (non-hydrogen) atoms. The number of para-hydroxylation sites is 1. The summed E-state index contributed by atoms with van der Waals surface area (Å²) in [4.78, 5) is 15.8. The lowest BCUT2D eigenvalue weighted by molar-refractivity contribution is 0.670. The molecule has 11 rings (SSSR count). The monoisotopic (exact) mass is 753 g/mol. The van der Waals surface area contributed by atoms with Gasteiger partial charge in [-0.05, 0) is 67.9 Å². The summed E-state index contributed by atoms with van der Waals surface area (Å²) < 4.78 is 6.89. The van der Waals surface area contributed by atoms with E-state index in [-0.39, 0.29) is 0 Å². The topological polar surface area (TPSA) is 51.8 Å². The highest BCUT2D eigenvalue weighted by atomic mass is 16.3. The van der Waals surface area contributed by atoms with E-state index in [1.54, 1.807) is 0 Å². The lowest BCUT2D eigenvalue weighted by Gasteiger charge is -2.14. The summed E-state index contributed by atoms with van der Waals surface area (Å²) in [5, 5.41) is 4.24. The molecule has 0 aliphatic heterocycles. The molecule has 0 N–H and O–H groups in total. The van der Waals surface area contributed by atoms with Crippen LogP contribution in [0.1, 0.15) is 0 Å². The first-order valence-corrected chi connectivity index (χ1v) is 19.8. The number of hydrogen-bond donors (Lipinski definition) is 0. The molecular weight excluding hydrogens is 719 g/mol. The zero-order valence-corrected chi connectivity index (χ0v) is 32.0. The Morgan fingerprint density at radius 1 is 0.305 bits per heavy atom. The van der Waals surface area contributed by atoms with Crippen molar-refractivity contribution < 1.29 is 4.42 Å². The highest BCUT2D eigenvalue weighted by Crippen LogP contribution is 2.45. The molecule has 9 aromatic carbocycles. The second kappa shape index (κ2) is 14.5. The van der Waals surface area contributed by atoms with E-state index in [4.69, 9.17) is 19.4 Å². The molecule has 0 radical (unpaired) electrons. The summed E-state index contributed by atoms with van der Waals surface area (Å²) in [5.74, 6) is 1.79. The van der Waals surface area contributed by atoms with Crippen molar-refractivity contribution >= 4 is 32.7 Å². The first kappa shape index (κ1) is 34.3. The van der Waals surface area contributed by atoms with Crippen LogP contribution in [0.4, 0.5) is 0 Å². The van der Waals surface area contributed by atoms with Crippen LogP contribution < -0.4 is 0 Å². The van der Waals surface area contributed by atoms with Gasteiger partial charge in [-0.3, -0.25) is 0 Å². The van der Waals surface area contributed by atoms with Gasteiger partial charge in [0.05, 0.1) is 0 Å². The highest BCUT2D eigenvalue weighted by Gasteiger charge is 2.23. The standard InChI is InChI=1S/C55H35N3O/c1-4-13-36(14-5-1)39-23-28-41(29-24-39)46-33-34-49-50(48-22-12-21-47(52(48)59-49)42-30-25-40(26-31-42)37-15-6-2-7-16-37)51(46)55-57-53(43-18-8-3-9-19-43)56-54(58-55)45-32-27-38-17-10-11-20-44(38)35-45/h1-35H. The van der Waals surface area contributed by atoms with Gasteiger partial charge in [0.15, 0.2) is 17.5 Å². The van der Waals surface area contributed by atoms with Crippen molar-refractivity contribution in [2.75, 3.05) is 0 Å². The van der Waals surface area contributed by atoms with Crippen LogP contribution in [-0.2, 0) is 0 Å². The Morgan fingerprint density at radius 3 is 1.44 bits per heavy atom. The normalized spacial score (nSPS) is 11.4. The predicted molar refractivity (Wildman–Crippen MR) is 243 cm³/mol.